The van der Waals surface area contributed by atoms with Gasteiger partial charge in [-0.3, -0.25) is 24.0 Å². The van der Waals surface area contributed by atoms with Crippen molar-refractivity contribution in [2.75, 3.05) is 10.6 Å². The molecule has 0 heterocycles. The quantitative estimate of drug-likeness (QED) is 0.108. The Morgan fingerprint density at radius 1 is 0.647 bits per heavy atom. The average molecular weight is 707 g/mol. The van der Waals surface area contributed by atoms with Crippen LogP contribution in [0, 0.1) is 11.8 Å². The van der Waals surface area contributed by atoms with Crippen LogP contribution in [0.4, 0.5) is 11.4 Å². The van der Waals surface area contributed by atoms with Gasteiger partial charge in [0.25, 0.3) is 0 Å². The normalized spacial score (nSPS) is 17.3. The maximum Gasteiger partial charge on any atom is 0.243 e. The average Bonchev–Trinajstić information content (AvgIpc) is 3.54. The van der Waals surface area contributed by atoms with Crippen molar-refractivity contribution < 1.29 is 37.5 Å². The number of sulfone groups is 1. The van der Waals surface area contributed by atoms with Crippen LogP contribution in [0.5, 0.6) is 0 Å². The molecule has 0 saturated carbocycles. The minimum Gasteiger partial charge on any atom is -0.373 e. The molecule has 0 saturated heterocycles. The molecule has 6 rings (SSSR count). The number of rotatable bonds is 13. The summed E-state index contributed by atoms with van der Waals surface area (Å²) in [5.41, 5.74) is 2.73. The standard InChI is InChI=1S/C40H38N2O8S/c1-3-5-7-23-9-13-25(14-10-23)41-39(47)33-35(43)29-19-17-27(21-31(29)37(33)45)51(49,50)28-18-20-30-32(22-28)38(46)34(36(30)44)40(48)42-26-15-11-24(12-16-26)8-6-4-2/h9-22,33-34,39,41,47H,3-8H2,1-2H3,(H,42,48). The van der Waals surface area contributed by atoms with Crippen molar-refractivity contribution in [2.24, 2.45) is 11.8 Å². The van der Waals surface area contributed by atoms with Crippen LogP contribution in [0.15, 0.2) is 94.7 Å². The highest BCUT2D eigenvalue weighted by Gasteiger charge is 2.45. The van der Waals surface area contributed by atoms with E-state index >= 15 is 0 Å². The van der Waals surface area contributed by atoms with Gasteiger partial charge in [-0.05, 0) is 97.5 Å². The number of Topliss-reactive ketones (excluding diaryl/α,β-unsaturated/α-hetero) is 4. The summed E-state index contributed by atoms with van der Waals surface area (Å²) in [6.07, 6.45) is 4.39. The zero-order valence-corrected chi connectivity index (χ0v) is 29.1. The molecule has 2 aliphatic rings. The molecule has 0 fully saturated rings. The lowest BCUT2D eigenvalue weighted by Crippen LogP contribution is -2.35. The molecular weight excluding hydrogens is 669 g/mol. The zero-order valence-electron chi connectivity index (χ0n) is 28.3. The Bertz CT molecular complexity index is 2160. The highest BCUT2D eigenvalue weighted by molar-refractivity contribution is 7.91. The first-order valence-electron chi connectivity index (χ1n) is 17.1. The lowest BCUT2D eigenvalue weighted by molar-refractivity contribution is -0.117. The molecule has 10 nitrogen and oxygen atoms in total. The first kappa shape index (κ1) is 35.6. The number of unbranched alkanes of at least 4 members (excludes halogenated alkanes) is 2. The number of aryl methyl sites for hydroxylation is 2. The smallest absolute Gasteiger partial charge is 0.243 e. The maximum atomic E-state index is 13.8. The Morgan fingerprint density at radius 2 is 1.10 bits per heavy atom. The summed E-state index contributed by atoms with van der Waals surface area (Å²) >= 11 is 0. The molecule has 51 heavy (non-hydrogen) atoms. The summed E-state index contributed by atoms with van der Waals surface area (Å²) in [6.45, 7) is 4.19. The van der Waals surface area contributed by atoms with Gasteiger partial charge in [0, 0.05) is 33.6 Å². The number of nitrogens with one attached hydrogen (secondary N) is 2. The van der Waals surface area contributed by atoms with E-state index in [2.05, 4.69) is 24.5 Å². The van der Waals surface area contributed by atoms with Crippen LogP contribution < -0.4 is 10.6 Å². The lowest BCUT2D eigenvalue weighted by atomic mass is 10.0. The van der Waals surface area contributed by atoms with E-state index in [1.165, 1.54) is 24.3 Å². The third-order valence-corrected chi connectivity index (χ3v) is 11.2. The van der Waals surface area contributed by atoms with Crippen LogP contribution in [0.2, 0.25) is 0 Å². The number of fused-ring (bicyclic) bond motifs is 2. The number of aliphatic hydroxyl groups excluding tert-OH is 1. The van der Waals surface area contributed by atoms with Crippen LogP contribution in [0.1, 0.15) is 92.1 Å². The molecule has 0 bridgehead atoms. The Labute approximate surface area is 296 Å². The molecule has 0 radical (unpaired) electrons. The molecule has 0 aromatic heterocycles. The predicted molar refractivity (Wildman–Crippen MR) is 191 cm³/mol. The number of anilines is 2. The van der Waals surface area contributed by atoms with E-state index in [-0.39, 0.29) is 32.0 Å². The van der Waals surface area contributed by atoms with Crippen molar-refractivity contribution in [3.05, 3.63) is 118 Å². The minimum atomic E-state index is -4.36. The molecule has 0 aliphatic heterocycles. The number of hydrogen-bond donors (Lipinski definition) is 3. The van der Waals surface area contributed by atoms with Gasteiger partial charge < -0.3 is 15.7 Å². The van der Waals surface area contributed by atoms with Gasteiger partial charge in [-0.1, -0.05) is 51.0 Å². The molecule has 3 atom stereocenters. The molecule has 4 aromatic carbocycles. The number of benzene rings is 4. The monoisotopic (exact) mass is 706 g/mol. The van der Waals surface area contributed by atoms with Crippen LogP contribution >= 0.6 is 0 Å². The summed E-state index contributed by atoms with van der Waals surface area (Å²) in [7, 11) is -4.36. The van der Waals surface area contributed by atoms with Gasteiger partial charge in [-0.2, -0.15) is 0 Å². The highest BCUT2D eigenvalue weighted by Crippen LogP contribution is 2.35. The van der Waals surface area contributed by atoms with Gasteiger partial charge in [-0.25, -0.2) is 8.42 Å². The zero-order chi connectivity index (χ0) is 36.4. The van der Waals surface area contributed by atoms with Gasteiger partial charge in [0.15, 0.2) is 29.1 Å². The minimum absolute atomic E-state index is 0.0149. The molecule has 0 spiro atoms. The first-order chi connectivity index (χ1) is 24.4. The predicted octanol–water partition coefficient (Wildman–Crippen LogP) is 6.26. The van der Waals surface area contributed by atoms with Gasteiger partial charge in [-0.15, -0.1) is 0 Å². The third kappa shape index (κ3) is 6.91. The molecule has 3 unspecified atom stereocenters. The van der Waals surface area contributed by atoms with Crippen molar-refractivity contribution >= 4 is 50.3 Å². The number of amides is 1. The topological polar surface area (TPSA) is 164 Å². The second-order valence-corrected chi connectivity index (χ2v) is 14.9. The van der Waals surface area contributed by atoms with E-state index in [1.807, 2.05) is 24.3 Å². The van der Waals surface area contributed by atoms with Gasteiger partial charge in [0.05, 0.1) is 9.79 Å². The number of hydrogen-bond acceptors (Lipinski definition) is 9. The largest absolute Gasteiger partial charge is 0.373 e. The second-order valence-electron chi connectivity index (χ2n) is 13.0. The van der Waals surface area contributed by atoms with Gasteiger partial charge >= 0.3 is 0 Å². The Balaban J connectivity index is 1.18. The Kier molecular flexibility index (Phi) is 10.1. The number of ketones is 4. The number of carbonyl (C=O) groups is 5. The SMILES string of the molecule is CCCCc1ccc(NC(=O)C2C(=O)c3ccc(S(=O)(=O)c4ccc5c(c4)C(=O)C(C(O)Nc4ccc(CCCC)cc4)C5=O)cc3C2=O)cc1. The summed E-state index contributed by atoms with van der Waals surface area (Å²) in [5, 5.41) is 16.3. The van der Waals surface area contributed by atoms with Crippen LogP contribution in [0.25, 0.3) is 0 Å². The summed E-state index contributed by atoms with van der Waals surface area (Å²) < 4.78 is 27.6. The van der Waals surface area contributed by atoms with Crippen LogP contribution in [-0.4, -0.2) is 48.8 Å². The molecular formula is C40H38N2O8S. The van der Waals surface area contributed by atoms with E-state index in [0.717, 1.165) is 61.8 Å². The van der Waals surface area contributed by atoms with E-state index < -0.39 is 56.9 Å². The van der Waals surface area contributed by atoms with Crippen LogP contribution in [-0.2, 0) is 27.5 Å². The van der Waals surface area contributed by atoms with Crippen molar-refractivity contribution in [3.63, 3.8) is 0 Å². The molecule has 3 N–H and O–H groups in total. The van der Waals surface area contributed by atoms with E-state index in [0.29, 0.717) is 11.4 Å². The van der Waals surface area contributed by atoms with Crippen molar-refractivity contribution in [1.29, 1.82) is 0 Å². The highest BCUT2D eigenvalue weighted by atomic mass is 32.2. The first-order valence-corrected chi connectivity index (χ1v) is 18.6. The fourth-order valence-corrected chi connectivity index (χ4v) is 7.83. The molecule has 1 amide bonds. The van der Waals surface area contributed by atoms with E-state index in [9.17, 15) is 37.5 Å². The molecule has 11 heteroatoms. The van der Waals surface area contributed by atoms with Crippen molar-refractivity contribution in [1.82, 2.24) is 0 Å². The Morgan fingerprint density at radius 3 is 1.63 bits per heavy atom. The summed E-state index contributed by atoms with van der Waals surface area (Å²) in [5.74, 6) is -6.89. The summed E-state index contributed by atoms with van der Waals surface area (Å²) in [6, 6.07) is 21.4. The van der Waals surface area contributed by atoms with Gasteiger partial charge in [0.1, 0.15) is 12.1 Å². The van der Waals surface area contributed by atoms with E-state index in [1.54, 1.807) is 24.3 Å². The third-order valence-electron chi connectivity index (χ3n) is 9.46. The fraction of sp³-hybridized carbons (Fsp3) is 0.275. The second kappa shape index (κ2) is 14.5. The Hall–Kier alpha value is -5.26. The van der Waals surface area contributed by atoms with E-state index in [4.69, 9.17) is 0 Å². The molecule has 4 aromatic rings. The molecule has 2 aliphatic carbocycles. The van der Waals surface area contributed by atoms with Crippen molar-refractivity contribution in [3.8, 4) is 0 Å². The lowest BCUT2D eigenvalue weighted by Gasteiger charge is -2.18. The fourth-order valence-electron chi connectivity index (χ4n) is 6.52. The van der Waals surface area contributed by atoms with Gasteiger partial charge in [0.2, 0.25) is 15.7 Å². The summed E-state index contributed by atoms with van der Waals surface area (Å²) in [4.78, 5) is 65.6. The number of aliphatic hydroxyl groups is 1. The number of carbonyl (C=O) groups excluding carboxylic acids is 5. The van der Waals surface area contributed by atoms with Crippen LogP contribution in [0.3, 0.4) is 0 Å². The van der Waals surface area contributed by atoms with Crippen molar-refractivity contribution in [2.45, 2.75) is 68.4 Å². The molecule has 262 valence electrons. The maximum absolute atomic E-state index is 13.8.